The lowest BCUT2D eigenvalue weighted by atomic mass is 10.1. The molecule has 1 aromatic heterocycles. The van der Waals surface area contributed by atoms with E-state index in [4.69, 9.17) is 11.6 Å². The van der Waals surface area contributed by atoms with Crippen LogP contribution in [-0.2, 0) is 13.1 Å². The summed E-state index contributed by atoms with van der Waals surface area (Å²) in [6.45, 7) is 2.76. The van der Waals surface area contributed by atoms with Crippen molar-refractivity contribution in [2.75, 3.05) is 0 Å². The molecule has 4 nitrogen and oxygen atoms in total. The van der Waals surface area contributed by atoms with Gasteiger partial charge in [0.2, 0.25) is 0 Å². The van der Waals surface area contributed by atoms with Crippen molar-refractivity contribution in [1.82, 2.24) is 9.88 Å². The highest BCUT2D eigenvalue weighted by atomic mass is 35.5. The Morgan fingerprint density at radius 3 is 2.42 bits per heavy atom. The lowest BCUT2D eigenvalue weighted by Crippen LogP contribution is -2.26. The third-order valence-electron chi connectivity index (χ3n) is 4.24. The molecular formula is C21H19ClN2O2. The Bertz CT molecular complexity index is 995. The van der Waals surface area contributed by atoms with Gasteiger partial charge in [0.05, 0.1) is 12.1 Å². The van der Waals surface area contributed by atoms with Gasteiger partial charge in [-0.15, -0.1) is 0 Å². The van der Waals surface area contributed by atoms with Gasteiger partial charge in [-0.25, -0.2) is 0 Å². The minimum atomic E-state index is -0.221. The van der Waals surface area contributed by atoms with E-state index in [-0.39, 0.29) is 11.5 Å². The molecule has 0 aliphatic carbocycles. The minimum absolute atomic E-state index is 0.180. The zero-order chi connectivity index (χ0) is 18.5. The van der Waals surface area contributed by atoms with Crippen LogP contribution in [0.1, 0.15) is 27.0 Å². The molecule has 5 heteroatoms. The van der Waals surface area contributed by atoms with Crippen molar-refractivity contribution in [3.05, 3.63) is 104 Å². The molecule has 1 amide bonds. The summed E-state index contributed by atoms with van der Waals surface area (Å²) in [6, 6.07) is 18.2. The molecule has 1 heterocycles. The number of hydrogen-bond donors (Lipinski definition) is 1. The number of carbonyl (C=O) groups excluding carboxylic acids is 1. The first-order chi connectivity index (χ1) is 12.5. The van der Waals surface area contributed by atoms with Crippen molar-refractivity contribution < 1.29 is 4.79 Å². The van der Waals surface area contributed by atoms with Crippen LogP contribution in [0.15, 0.2) is 71.7 Å². The molecule has 0 unspecified atom stereocenters. The quantitative estimate of drug-likeness (QED) is 0.747. The molecule has 0 saturated heterocycles. The van der Waals surface area contributed by atoms with E-state index in [1.165, 1.54) is 10.6 Å². The third-order valence-corrected chi connectivity index (χ3v) is 4.61. The van der Waals surface area contributed by atoms with Crippen LogP contribution >= 0.6 is 11.6 Å². The van der Waals surface area contributed by atoms with Crippen molar-refractivity contribution in [3.63, 3.8) is 0 Å². The molecule has 0 fully saturated rings. The zero-order valence-corrected chi connectivity index (χ0v) is 15.2. The van der Waals surface area contributed by atoms with E-state index in [0.717, 1.165) is 16.7 Å². The highest BCUT2D eigenvalue weighted by molar-refractivity contribution is 6.31. The van der Waals surface area contributed by atoms with Crippen LogP contribution in [0, 0.1) is 6.92 Å². The van der Waals surface area contributed by atoms with E-state index in [2.05, 4.69) is 5.32 Å². The Morgan fingerprint density at radius 1 is 1.00 bits per heavy atom. The van der Waals surface area contributed by atoms with Gasteiger partial charge in [-0.2, -0.15) is 0 Å². The molecule has 0 radical (unpaired) electrons. The molecule has 132 valence electrons. The molecule has 0 aliphatic rings. The van der Waals surface area contributed by atoms with Gasteiger partial charge in [-0.05, 0) is 35.7 Å². The van der Waals surface area contributed by atoms with Crippen molar-refractivity contribution in [2.24, 2.45) is 0 Å². The van der Waals surface area contributed by atoms with Crippen molar-refractivity contribution in [2.45, 2.75) is 20.0 Å². The molecule has 1 N–H and O–H groups in total. The molecule has 2 aromatic carbocycles. The second kappa shape index (κ2) is 8.02. The summed E-state index contributed by atoms with van der Waals surface area (Å²) < 4.78 is 1.49. The van der Waals surface area contributed by atoms with E-state index >= 15 is 0 Å². The summed E-state index contributed by atoms with van der Waals surface area (Å²) >= 11 is 6.17. The standard InChI is InChI=1S/C21H19ClN2O2/c1-15-6-2-3-7-16(15)12-23-21(26)18-10-11-20(25)24(14-18)13-17-8-4-5-9-19(17)22/h2-11,14H,12-13H2,1H3,(H,23,26). The smallest absolute Gasteiger partial charge is 0.253 e. The molecule has 3 rings (SSSR count). The van der Waals surface area contributed by atoms with Gasteiger partial charge in [0.1, 0.15) is 0 Å². The topological polar surface area (TPSA) is 51.1 Å². The fourth-order valence-corrected chi connectivity index (χ4v) is 2.88. The number of hydrogen-bond acceptors (Lipinski definition) is 2. The molecular weight excluding hydrogens is 348 g/mol. The SMILES string of the molecule is Cc1ccccc1CNC(=O)c1ccc(=O)n(Cc2ccccc2Cl)c1. The highest BCUT2D eigenvalue weighted by Gasteiger charge is 2.09. The fraction of sp³-hybridized carbons (Fsp3) is 0.143. The molecule has 0 bridgehead atoms. The number of rotatable bonds is 5. The highest BCUT2D eigenvalue weighted by Crippen LogP contribution is 2.15. The van der Waals surface area contributed by atoms with Crippen LogP contribution in [0.5, 0.6) is 0 Å². The first-order valence-electron chi connectivity index (χ1n) is 8.31. The average molecular weight is 367 g/mol. The lowest BCUT2D eigenvalue weighted by Gasteiger charge is -2.11. The zero-order valence-electron chi connectivity index (χ0n) is 14.4. The number of benzene rings is 2. The Morgan fingerprint density at radius 2 is 1.69 bits per heavy atom. The Labute approximate surface area is 157 Å². The summed E-state index contributed by atoms with van der Waals surface area (Å²) in [5.74, 6) is -0.221. The number of carbonyl (C=O) groups is 1. The normalized spacial score (nSPS) is 10.5. The van der Waals surface area contributed by atoms with Crippen LogP contribution in [-0.4, -0.2) is 10.5 Å². The molecule has 26 heavy (non-hydrogen) atoms. The van der Waals surface area contributed by atoms with Crippen molar-refractivity contribution >= 4 is 17.5 Å². The van der Waals surface area contributed by atoms with Gasteiger partial charge in [-0.1, -0.05) is 54.1 Å². The number of halogens is 1. The van der Waals surface area contributed by atoms with Crippen LogP contribution in [0.3, 0.4) is 0 Å². The number of nitrogens with one attached hydrogen (secondary N) is 1. The van der Waals surface area contributed by atoms with Gasteiger partial charge < -0.3 is 9.88 Å². The first kappa shape index (κ1) is 18.0. The monoisotopic (exact) mass is 366 g/mol. The van der Waals surface area contributed by atoms with Crippen LogP contribution in [0.25, 0.3) is 0 Å². The Hall–Kier alpha value is -2.85. The van der Waals surface area contributed by atoms with Gasteiger partial charge >= 0.3 is 0 Å². The number of amides is 1. The molecule has 0 atom stereocenters. The second-order valence-corrected chi connectivity index (χ2v) is 6.49. The van der Waals surface area contributed by atoms with E-state index in [0.29, 0.717) is 23.7 Å². The Kier molecular flexibility index (Phi) is 5.54. The molecule has 0 saturated carbocycles. The molecule has 0 aliphatic heterocycles. The van der Waals surface area contributed by atoms with E-state index in [1.54, 1.807) is 18.3 Å². The minimum Gasteiger partial charge on any atom is -0.348 e. The summed E-state index contributed by atoms with van der Waals surface area (Å²) in [6.07, 6.45) is 1.57. The maximum absolute atomic E-state index is 12.5. The summed E-state index contributed by atoms with van der Waals surface area (Å²) in [5.41, 5.74) is 3.26. The fourth-order valence-electron chi connectivity index (χ4n) is 2.69. The van der Waals surface area contributed by atoms with Gasteiger partial charge in [0.15, 0.2) is 0 Å². The average Bonchev–Trinajstić information content (AvgIpc) is 2.64. The lowest BCUT2D eigenvalue weighted by molar-refractivity contribution is 0.0950. The van der Waals surface area contributed by atoms with E-state index in [1.807, 2.05) is 49.4 Å². The first-order valence-corrected chi connectivity index (χ1v) is 8.69. The number of aryl methyl sites for hydroxylation is 1. The maximum atomic E-state index is 12.5. The predicted molar refractivity (Wildman–Crippen MR) is 104 cm³/mol. The van der Waals surface area contributed by atoms with Crippen molar-refractivity contribution in [3.8, 4) is 0 Å². The Balaban J connectivity index is 1.76. The second-order valence-electron chi connectivity index (χ2n) is 6.08. The largest absolute Gasteiger partial charge is 0.348 e. The maximum Gasteiger partial charge on any atom is 0.253 e. The van der Waals surface area contributed by atoms with Crippen LogP contribution in [0.2, 0.25) is 5.02 Å². The van der Waals surface area contributed by atoms with Gasteiger partial charge in [-0.3, -0.25) is 9.59 Å². The van der Waals surface area contributed by atoms with Crippen LogP contribution < -0.4 is 10.9 Å². The molecule has 0 spiro atoms. The van der Waals surface area contributed by atoms with E-state index in [9.17, 15) is 9.59 Å². The number of pyridine rings is 1. The predicted octanol–water partition coefficient (Wildman–Crippen LogP) is 3.79. The summed E-state index contributed by atoms with van der Waals surface area (Å²) in [4.78, 5) is 24.6. The number of aromatic nitrogens is 1. The summed E-state index contributed by atoms with van der Waals surface area (Å²) in [7, 11) is 0. The van der Waals surface area contributed by atoms with Gasteiger partial charge in [0.25, 0.3) is 11.5 Å². The van der Waals surface area contributed by atoms with Gasteiger partial charge in [0, 0.05) is 23.8 Å². The number of nitrogens with zero attached hydrogens (tertiary/aromatic N) is 1. The van der Waals surface area contributed by atoms with E-state index < -0.39 is 0 Å². The summed E-state index contributed by atoms with van der Waals surface area (Å²) in [5, 5.41) is 3.49. The van der Waals surface area contributed by atoms with Crippen molar-refractivity contribution in [1.29, 1.82) is 0 Å². The van der Waals surface area contributed by atoms with Crippen LogP contribution in [0.4, 0.5) is 0 Å². The molecule has 3 aromatic rings. The third kappa shape index (κ3) is 4.21.